The number of nitrogens with one attached hydrogen (secondary N) is 1. The number of aliphatic carboxylic acids is 1. The first-order valence-electron chi connectivity index (χ1n) is 5.70. The molecule has 2 aromatic rings. The highest BCUT2D eigenvalue weighted by molar-refractivity contribution is 7.92. The molecule has 0 unspecified atom stereocenters. The van der Waals surface area contributed by atoms with E-state index in [-0.39, 0.29) is 16.6 Å². The standard InChI is InChI=1S/C11H12N4O5S/c1-15-11(12-7-13-15)14-21(18,19)9-4-2-8(3-5-9)20-6-10(16)17/h2-5,7H,6H2,1H3,(H,16,17)(H,12,13,14). The normalized spacial score (nSPS) is 11.1. The van der Waals surface area contributed by atoms with Crippen LogP contribution in [0.15, 0.2) is 35.5 Å². The minimum atomic E-state index is -3.80. The molecule has 0 saturated carbocycles. The van der Waals surface area contributed by atoms with Gasteiger partial charge in [-0.2, -0.15) is 10.1 Å². The van der Waals surface area contributed by atoms with Crippen LogP contribution in [0.3, 0.4) is 0 Å². The van der Waals surface area contributed by atoms with Crippen LogP contribution >= 0.6 is 0 Å². The third-order valence-corrected chi connectivity index (χ3v) is 3.78. The number of carboxylic acid groups (broad SMARTS) is 1. The summed E-state index contributed by atoms with van der Waals surface area (Å²) in [6.07, 6.45) is 1.22. The maximum atomic E-state index is 12.1. The van der Waals surface area contributed by atoms with Gasteiger partial charge in [0.15, 0.2) is 6.61 Å². The summed E-state index contributed by atoms with van der Waals surface area (Å²) in [5.41, 5.74) is 0. The predicted molar refractivity (Wildman–Crippen MR) is 71.4 cm³/mol. The van der Waals surface area contributed by atoms with Gasteiger partial charge in [0, 0.05) is 7.05 Å². The molecule has 112 valence electrons. The van der Waals surface area contributed by atoms with Crippen molar-refractivity contribution in [2.75, 3.05) is 11.3 Å². The van der Waals surface area contributed by atoms with Gasteiger partial charge in [0.05, 0.1) is 4.90 Å². The fraction of sp³-hybridized carbons (Fsp3) is 0.182. The molecule has 9 nitrogen and oxygen atoms in total. The van der Waals surface area contributed by atoms with E-state index in [0.29, 0.717) is 0 Å². The fourth-order valence-corrected chi connectivity index (χ4v) is 2.47. The summed E-state index contributed by atoms with van der Waals surface area (Å²) >= 11 is 0. The maximum absolute atomic E-state index is 12.1. The van der Waals surface area contributed by atoms with Crippen molar-refractivity contribution in [2.24, 2.45) is 7.05 Å². The van der Waals surface area contributed by atoms with Crippen LogP contribution < -0.4 is 9.46 Å². The molecule has 0 aliphatic rings. The van der Waals surface area contributed by atoms with Crippen LogP contribution in [-0.2, 0) is 21.9 Å². The molecule has 0 aliphatic carbocycles. The molecule has 0 saturated heterocycles. The minimum absolute atomic E-state index is 0.00632. The van der Waals surface area contributed by atoms with Crippen molar-refractivity contribution in [1.82, 2.24) is 14.8 Å². The Bertz CT molecular complexity index is 738. The Hall–Kier alpha value is -2.62. The Morgan fingerprint density at radius 2 is 2.05 bits per heavy atom. The van der Waals surface area contributed by atoms with Crippen LogP contribution in [0.5, 0.6) is 5.75 Å². The first-order valence-corrected chi connectivity index (χ1v) is 7.18. The Labute approximate surface area is 120 Å². The highest BCUT2D eigenvalue weighted by Crippen LogP contribution is 2.18. The van der Waals surface area contributed by atoms with Gasteiger partial charge in [0.25, 0.3) is 10.0 Å². The topological polar surface area (TPSA) is 123 Å². The lowest BCUT2D eigenvalue weighted by atomic mass is 10.3. The van der Waals surface area contributed by atoms with Gasteiger partial charge in [-0.3, -0.25) is 0 Å². The number of hydrogen-bond donors (Lipinski definition) is 2. The first kappa shape index (κ1) is 14.8. The number of anilines is 1. The van der Waals surface area contributed by atoms with Gasteiger partial charge in [0.1, 0.15) is 12.1 Å². The van der Waals surface area contributed by atoms with E-state index in [1.165, 1.54) is 35.3 Å². The summed E-state index contributed by atoms with van der Waals surface area (Å²) in [6, 6.07) is 5.34. The molecule has 1 aromatic carbocycles. The van der Waals surface area contributed by atoms with E-state index in [2.05, 4.69) is 14.8 Å². The Kier molecular flexibility index (Phi) is 4.08. The lowest BCUT2D eigenvalue weighted by Crippen LogP contribution is -2.16. The average Bonchev–Trinajstić information content (AvgIpc) is 2.82. The second-order valence-corrected chi connectivity index (χ2v) is 5.65. The van der Waals surface area contributed by atoms with Gasteiger partial charge < -0.3 is 9.84 Å². The van der Waals surface area contributed by atoms with E-state index in [1.54, 1.807) is 7.05 Å². The minimum Gasteiger partial charge on any atom is -0.482 e. The molecule has 0 atom stereocenters. The largest absolute Gasteiger partial charge is 0.482 e. The number of aryl methyl sites for hydroxylation is 1. The third-order valence-electron chi connectivity index (χ3n) is 2.43. The molecule has 0 amide bonds. The van der Waals surface area contributed by atoms with Gasteiger partial charge in [-0.25, -0.2) is 22.6 Å². The van der Waals surface area contributed by atoms with Crippen LogP contribution in [0.25, 0.3) is 0 Å². The maximum Gasteiger partial charge on any atom is 0.341 e. The van der Waals surface area contributed by atoms with E-state index in [1.807, 2.05) is 0 Å². The molecule has 0 bridgehead atoms. The van der Waals surface area contributed by atoms with Crippen LogP contribution in [0, 0.1) is 0 Å². The number of hydrogen-bond acceptors (Lipinski definition) is 6. The molecule has 0 radical (unpaired) electrons. The lowest BCUT2D eigenvalue weighted by molar-refractivity contribution is -0.139. The van der Waals surface area contributed by atoms with Crippen molar-refractivity contribution >= 4 is 21.9 Å². The molecule has 2 rings (SSSR count). The summed E-state index contributed by atoms with van der Waals surface area (Å²) in [5, 5.41) is 12.2. The van der Waals surface area contributed by atoms with Crippen molar-refractivity contribution in [3.05, 3.63) is 30.6 Å². The Morgan fingerprint density at radius 3 is 2.57 bits per heavy atom. The van der Waals surface area contributed by atoms with Gasteiger partial charge in [-0.05, 0) is 24.3 Å². The second-order valence-electron chi connectivity index (χ2n) is 3.97. The van der Waals surface area contributed by atoms with Crippen molar-refractivity contribution < 1.29 is 23.1 Å². The fourth-order valence-electron chi connectivity index (χ4n) is 1.43. The quantitative estimate of drug-likeness (QED) is 0.774. The van der Waals surface area contributed by atoms with E-state index in [4.69, 9.17) is 9.84 Å². The van der Waals surface area contributed by atoms with E-state index < -0.39 is 22.6 Å². The summed E-state index contributed by atoms with van der Waals surface area (Å²) in [4.78, 5) is 14.1. The van der Waals surface area contributed by atoms with Crippen molar-refractivity contribution in [2.45, 2.75) is 4.90 Å². The van der Waals surface area contributed by atoms with Crippen LogP contribution in [-0.4, -0.2) is 40.9 Å². The number of aromatic nitrogens is 3. The van der Waals surface area contributed by atoms with Crippen LogP contribution in [0.4, 0.5) is 5.95 Å². The van der Waals surface area contributed by atoms with E-state index in [0.717, 1.165) is 0 Å². The van der Waals surface area contributed by atoms with Gasteiger partial charge in [-0.1, -0.05) is 0 Å². The molecule has 21 heavy (non-hydrogen) atoms. The molecule has 10 heteroatoms. The first-order chi connectivity index (χ1) is 9.88. The average molecular weight is 312 g/mol. The highest BCUT2D eigenvalue weighted by atomic mass is 32.2. The third kappa shape index (κ3) is 3.69. The molecule has 0 spiro atoms. The Morgan fingerprint density at radius 1 is 1.38 bits per heavy atom. The van der Waals surface area contributed by atoms with Crippen LogP contribution in [0.1, 0.15) is 0 Å². The lowest BCUT2D eigenvalue weighted by Gasteiger charge is -2.08. The van der Waals surface area contributed by atoms with Crippen molar-refractivity contribution in [3.63, 3.8) is 0 Å². The summed E-state index contributed by atoms with van der Waals surface area (Å²) < 4.78 is 32.7. The zero-order valence-corrected chi connectivity index (χ0v) is 11.7. The summed E-state index contributed by atoms with van der Waals surface area (Å²) in [7, 11) is -2.25. The number of nitrogens with zero attached hydrogens (tertiary/aromatic N) is 3. The van der Waals surface area contributed by atoms with E-state index >= 15 is 0 Å². The molecule has 0 fully saturated rings. The number of carboxylic acids is 1. The zero-order valence-electron chi connectivity index (χ0n) is 10.9. The monoisotopic (exact) mass is 312 g/mol. The number of benzene rings is 1. The second kappa shape index (κ2) is 5.79. The molecule has 0 aliphatic heterocycles. The van der Waals surface area contributed by atoms with Crippen molar-refractivity contribution in [1.29, 1.82) is 0 Å². The number of rotatable bonds is 6. The Balaban J connectivity index is 2.13. The number of carbonyl (C=O) groups is 1. The van der Waals surface area contributed by atoms with Gasteiger partial charge in [0.2, 0.25) is 5.95 Å². The molecule has 1 aromatic heterocycles. The smallest absolute Gasteiger partial charge is 0.341 e. The molecule has 2 N–H and O–H groups in total. The van der Waals surface area contributed by atoms with Crippen molar-refractivity contribution in [3.8, 4) is 5.75 Å². The molecular weight excluding hydrogens is 300 g/mol. The number of ether oxygens (including phenoxy) is 1. The summed E-state index contributed by atoms with van der Waals surface area (Å²) in [5.74, 6) is -0.771. The zero-order chi connectivity index (χ0) is 15.5. The van der Waals surface area contributed by atoms with Gasteiger partial charge in [-0.15, -0.1) is 0 Å². The SMILES string of the molecule is Cn1ncnc1NS(=O)(=O)c1ccc(OCC(=O)O)cc1. The van der Waals surface area contributed by atoms with Gasteiger partial charge >= 0.3 is 5.97 Å². The van der Waals surface area contributed by atoms with E-state index in [9.17, 15) is 13.2 Å². The predicted octanol–water partition coefficient (Wildman–Crippen LogP) is 0.0793. The highest BCUT2D eigenvalue weighted by Gasteiger charge is 2.16. The van der Waals surface area contributed by atoms with Crippen LogP contribution in [0.2, 0.25) is 0 Å². The molecular formula is C11H12N4O5S. The summed E-state index contributed by atoms with van der Waals surface area (Å²) in [6.45, 7) is -0.497. The number of sulfonamides is 1. The molecule has 1 heterocycles.